The van der Waals surface area contributed by atoms with Crippen molar-refractivity contribution < 1.29 is 0 Å². The lowest BCUT2D eigenvalue weighted by Crippen LogP contribution is -2.31. The van der Waals surface area contributed by atoms with E-state index in [1.165, 1.54) is 35.6 Å². The molecule has 1 saturated heterocycles. The molecule has 20 heavy (non-hydrogen) atoms. The van der Waals surface area contributed by atoms with Gasteiger partial charge in [0.05, 0.1) is 0 Å². The standard InChI is InChI=1S/C17H28N2S/c1-4-11-18-17(5-2)14-6-8-15(9-7-14)19(3)16-10-12-20-13-16/h6-9,16-18H,4-5,10-13H2,1-3H3. The minimum absolute atomic E-state index is 0.497. The number of anilines is 1. The van der Waals surface area contributed by atoms with Crippen molar-refractivity contribution >= 4 is 17.4 Å². The Morgan fingerprint density at radius 3 is 2.60 bits per heavy atom. The van der Waals surface area contributed by atoms with Gasteiger partial charge in [0, 0.05) is 30.6 Å². The second-order valence-electron chi connectivity index (χ2n) is 5.63. The summed E-state index contributed by atoms with van der Waals surface area (Å²) in [6.45, 7) is 5.57. The van der Waals surface area contributed by atoms with E-state index >= 15 is 0 Å². The van der Waals surface area contributed by atoms with Crippen LogP contribution in [0.5, 0.6) is 0 Å². The lowest BCUT2D eigenvalue weighted by atomic mass is 10.0. The van der Waals surface area contributed by atoms with Crippen LogP contribution < -0.4 is 10.2 Å². The Morgan fingerprint density at radius 2 is 2.05 bits per heavy atom. The van der Waals surface area contributed by atoms with E-state index in [1.54, 1.807) is 0 Å². The maximum atomic E-state index is 3.62. The van der Waals surface area contributed by atoms with Crippen LogP contribution in [0.2, 0.25) is 0 Å². The second kappa shape index (κ2) is 7.94. The molecule has 0 aromatic heterocycles. The predicted octanol–water partition coefficient (Wildman–Crippen LogP) is 4.08. The van der Waals surface area contributed by atoms with Gasteiger partial charge in [0.25, 0.3) is 0 Å². The summed E-state index contributed by atoms with van der Waals surface area (Å²) in [5, 5.41) is 3.62. The Kier molecular flexibility index (Phi) is 6.24. The molecular weight excluding hydrogens is 264 g/mol. The van der Waals surface area contributed by atoms with Crippen molar-refractivity contribution in [3.8, 4) is 0 Å². The van der Waals surface area contributed by atoms with Crippen molar-refractivity contribution in [2.45, 2.75) is 45.2 Å². The number of benzene rings is 1. The van der Waals surface area contributed by atoms with Crippen molar-refractivity contribution in [1.29, 1.82) is 0 Å². The van der Waals surface area contributed by atoms with Crippen LogP contribution in [0.3, 0.4) is 0 Å². The average molecular weight is 292 g/mol. The van der Waals surface area contributed by atoms with Gasteiger partial charge in [0.2, 0.25) is 0 Å². The van der Waals surface area contributed by atoms with Gasteiger partial charge < -0.3 is 10.2 Å². The molecule has 0 amide bonds. The molecule has 2 nitrogen and oxygen atoms in total. The molecule has 1 aliphatic heterocycles. The van der Waals surface area contributed by atoms with Crippen LogP contribution in [0.25, 0.3) is 0 Å². The van der Waals surface area contributed by atoms with Crippen LogP contribution >= 0.6 is 11.8 Å². The predicted molar refractivity (Wildman–Crippen MR) is 91.9 cm³/mol. The van der Waals surface area contributed by atoms with Gasteiger partial charge in [-0.05, 0) is 49.3 Å². The van der Waals surface area contributed by atoms with E-state index in [4.69, 9.17) is 0 Å². The zero-order valence-electron chi connectivity index (χ0n) is 13.1. The summed E-state index contributed by atoms with van der Waals surface area (Å²) >= 11 is 2.07. The molecule has 2 rings (SSSR count). The van der Waals surface area contributed by atoms with E-state index in [1.807, 2.05) is 0 Å². The molecule has 1 aromatic rings. The molecule has 0 aliphatic carbocycles. The largest absolute Gasteiger partial charge is 0.371 e. The summed E-state index contributed by atoms with van der Waals surface area (Å²) in [4.78, 5) is 2.45. The normalized spacial score (nSPS) is 20.1. The first-order chi connectivity index (χ1) is 9.76. The second-order valence-corrected chi connectivity index (χ2v) is 6.78. The zero-order valence-corrected chi connectivity index (χ0v) is 13.9. The van der Waals surface area contributed by atoms with Crippen molar-refractivity contribution in [2.75, 3.05) is 30.0 Å². The summed E-state index contributed by atoms with van der Waals surface area (Å²) in [5.74, 6) is 2.58. The molecular formula is C17H28N2S. The quantitative estimate of drug-likeness (QED) is 0.815. The third kappa shape index (κ3) is 3.92. The highest BCUT2D eigenvalue weighted by Gasteiger charge is 2.20. The number of thioether (sulfide) groups is 1. The first kappa shape index (κ1) is 15.7. The first-order valence-electron chi connectivity index (χ1n) is 7.90. The Hall–Kier alpha value is -0.670. The fourth-order valence-corrected chi connectivity index (χ4v) is 4.06. The molecule has 1 aromatic carbocycles. The summed E-state index contributed by atoms with van der Waals surface area (Å²) < 4.78 is 0. The molecule has 0 saturated carbocycles. The van der Waals surface area contributed by atoms with Crippen LogP contribution in [0.1, 0.15) is 44.7 Å². The van der Waals surface area contributed by atoms with Crippen molar-refractivity contribution in [1.82, 2.24) is 5.32 Å². The number of nitrogens with zero attached hydrogens (tertiary/aromatic N) is 1. The fourth-order valence-electron chi connectivity index (χ4n) is 2.80. The monoisotopic (exact) mass is 292 g/mol. The maximum absolute atomic E-state index is 3.62. The maximum Gasteiger partial charge on any atom is 0.0385 e. The number of hydrogen-bond donors (Lipinski definition) is 1. The molecule has 2 unspecified atom stereocenters. The van der Waals surface area contributed by atoms with Crippen LogP contribution in [0.4, 0.5) is 5.69 Å². The Bertz CT molecular complexity index is 384. The molecule has 1 heterocycles. The zero-order chi connectivity index (χ0) is 14.4. The SMILES string of the molecule is CCCNC(CC)c1ccc(N(C)C2CCSC2)cc1. The lowest BCUT2D eigenvalue weighted by Gasteiger charge is -2.26. The summed E-state index contributed by atoms with van der Waals surface area (Å²) in [7, 11) is 2.23. The fraction of sp³-hybridized carbons (Fsp3) is 0.647. The molecule has 1 aliphatic rings. The number of rotatable bonds is 7. The number of nitrogens with one attached hydrogen (secondary N) is 1. The van der Waals surface area contributed by atoms with E-state index < -0.39 is 0 Å². The van der Waals surface area contributed by atoms with Crippen molar-refractivity contribution in [2.24, 2.45) is 0 Å². The Morgan fingerprint density at radius 1 is 1.30 bits per heavy atom. The van der Waals surface area contributed by atoms with Gasteiger partial charge >= 0.3 is 0 Å². The topological polar surface area (TPSA) is 15.3 Å². The average Bonchev–Trinajstić information content (AvgIpc) is 3.02. The van der Waals surface area contributed by atoms with Crippen molar-refractivity contribution in [3.05, 3.63) is 29.8 Å². The molecule has 112 valence electrons. The lowest BCUT2D eigenvalue weighted by molar-refractivity contribution is 0.518. The minimum Gasteiger partial charge on any atom is -0.371 e. The van der Waals surface area contributed by atoms with Gasteiger partial charge in [0.1, 0.15) is 0 Å². The van der Waals surface area contributed by atoms with E-state index in [2.05, 4.69) is 67.1 Å². The Balaban J connectivity index is 2.00. The van der Waals surface area contributed by atoms with E-state index in [0.29, 0.717) is 12.1 Å². The van der Waals surface area contributed by atoms with Crippen LogP contribution in [0.15, 0.2) is 24.3 Å². The summed E-state index contributed by atoms with van der Waals surface area (Å²) in [6, 6.07) is 10.4. The summed E-state index contributed by atoms with van der Waals surface area (Å²) in [5.41, 5.74) is 2.77. The van der Waals surface area contributed by atoms with E-state index in [0.717, 1.165) is 13.0 Å². The molecule has 0 spiro atoms. The van der Waals surface area contributed by atoms with E-state index in [9.17, 15) is 0 Å². The highest BCUT2D eigenvalue weighted by molar-refractivity contribution is 7.99. The Labute approximate surface area is 128 Å². The van der Waals surface area contributed by atoms with Crippen LogP contribution in [0, 0.1) is 0 Å². The van der Waals surface area contributed by atoms with E-state index in [-0.39, 0.29) is 0 Å². The van der Waals surface area contributed by atoms with Gasteiger partial charge in [-0.2, -0.15) is 11.8 Å². The van der Waals surface area contributed by atoms with Crippen molar-refractivity contribution in [3.63, 3.8) is 0 Å². The first-order valence-corrected chi connectivity index (χ1v) is 9.05. The van der Waals surface area contributed by atoms with Gasteiger partial charge in [-0.3, -0.25) is 0 Å². The number of hydrogen-bond acceptors (Lipinski definition) is 3. The van der Waals surface area contributed by atoms with Gasteiger partial charge in [-0.25, -0.2) is 0 Å². The molecule has 1 N–H and O–H groups in total. The highest BCUT2D eigenvalue weighted by Crippen LogP contribution is 2.27. The summed E-state index contributed by atoms with van der Waals surface area (Å²) in [6.07, 6.45) is 3.66. The molecule has 3 heteroatoms. The van der Waals surface area contributed by atoms with Gasteiger partial charge in [0.15, 0.2) is 0 Å². The van der Waals surface area contributed by atoms with Gasteiger partial charge in [-0.15, -0.1) is 0 Å². The smallest absolute Gasteiger partial charge is 0.0385 e. The molecule has 2 atom stereocenters. The third-order valence-electron chi connectivity index (χ3n) is 4.21. The minimum atomic E-state index is 0.497. The molecule has 1 fully saturated rings. The van der Waals surface area contributed by atoms with Gasteiger partial charge in [-0.1, -0.05) is 26.0 Å². The van der Waals surface area contributed by atoms with Crippen LogP contribution in [-0.2, 0) is 0 Å². The highest BCUT2D eigenvalue weighted by atomic mass is 32.2. The third-order valence-corrected chi connectivity index (χ3v) is 5.35. The molecule has 0 bridgehead atoms. The van der Waals surface area contributed by atoms with Crippen LogP contribution in [-0.4, -0.2) is 31.1 Å². The molecule has 0 radical (unpaired) electrons.